The maximum atomic E-state index is 13.3. The summed E-state index contributed by atoms with van der Waals surface area (Å²) in [7, 11) is 2.01. The van der Waals surface area contributed by atoms with Crippen LogP contribution in [0.25, 0.3) is 0 Å². The Labute approximate surface area is 218 Å². The molecule has 13 nitrogen and oxygen atoms in total. The van der Waals surface area contributed by atoms with Gasteiger partial charge in [0.1, 0.15) is 23.5 Å². The predicted molar refractivity (Wildman–Crippen MR) is 144 cm³/mol. The summed E-state index contributed by atoms with van der Waals surface area (Å²) in [4.78, 5) is 48.3. The first-order valence-electron chi connectivity index (χ1n) is 12.2. The number of carbonyl (C=O) groups excluding carboxylic acids is 1. The zero-order valence-electron chi connectivity index (χ0n) is 21.0. The molecule has 0 spiro atoms. The van der Waals surface area contributed by atoms with Gasteiger partial charge in [0.05, 0.1) is 22.5 Å². The summed E-state index contributed by atoms with van der Waals surface area (Å²) in [5.74, 6) is -0.217. The molecule has 1 saturated heterocycles. The Bertz CT molecular complexity index is 1450. The highest BCUT2D eigenvalue weighted by Crippen LogP contribution is 2.35. The number of carbonyl (C=O) groups is 1. The van der Waals surface area contributed by atoms with Crippen LogP contribution in [0, 0.1) is 17.0 Å². The number of rotatable bonds is 6. The molecule has 38 heavy (non-hydrogen) atoms. The second kappa shape index (κ2) is 10.4. The van der Waals surface area contributed by atoms with E-state index in [2.05, 4.69) is 30.8 Å². The number of aromatic amines is 1. The minimum atomic E-state index is -0.707. The predicted octanol–water partition coefficient (Wildman–Crippen LogP) is 2.54. The SMILES string of the molecule is Cc1c(Nc2cc[nH]c(=O)c2C(=O)Nc2ccc(N3CCN(C)CC3)c([N+](=O)[O-])c2)cnc2c1NCCO2. The van der Waals surface area contributed by atoms with E-state index in [4.69, 9.17) is 4.74 Å². The van der Waals surface area contributed by atoms with E-state index in [0.717, 1.165) is 24.3 Å². The first-order valence-corrected chi connectivity index (χ1v) is 12.2. The van der Waals surface area contributed by atoms with Gasteiger partial charge >= 0.3 is 0 Å². The summed E-state index contributed by atoms with van der Waals surface area (Å²) in [6.45, 7) is 5.94. The largest absolute Gasteiger partial charge is 0.474 e. The number of nitro benzene ring substituents is 1. The van der Waals surface area contributed by atoms with Crippen LogP contribution in [0.15, 0.2) is 41.5 Å². The van der Waals surface area contributed by atoms with E-state index in [-0.39, 0.29) is 22.6 Å². The minimum Gasteiger partial charge on any atom is -0.474 e. The molecule has 0 atom stereocenters. The lowest BCUT2D eigenvalue weighted by atomic mass is 10.1. The van der Waals surface area contributed by atoms with Crippen LogP contribution in [0.5, 0.6) is 5.88 Å². The Morgan fingerprint density at radius 3 is 2.74 bits per heavy atom. The molecule has 0 bridgehead atoms. The van der Waals surface area contributed by atoms with E-state index in [1.54, 1.807) is 24.4 Å². The molecule has 4 N–H and O–H groups in total. The van der Waals surface area contributed by atoms with Crippen LogP contribution in [0.2, 0.25) is 0 Å². The number of nitrogens with one attached hydrogen (secondary N) is 4. The van der Waals surface area contributed by atoms with Gasteiger partial charge in [0, 0.05) is 56.2 Å². The second-order valence-corrected chi connectivity index (χ2v) is 9.18. The number of hydrogen-bond acceptors (Lipinski definition) is 10. The highest BCUT2D eigenvalue weighted by atomic mass is 16.6. The van der Waals surface area contributed by atoms with Crippen molar-refractivity contribution < 1.29 is 14.5 Å². The van der Waals surface area contributed by atoms with Crippen LogP contribution < -0.4 is 31.1 Å². The number of likely N-dealkylation sites (N-methyl/N-ethyl adjacent to an activating group) is 1. The maximum absolute atomic E-state index is 13.3. The van der Waals surface area contributed by atoms with Crippen molar-refractivity contribution in [2.45, 2.75) is 6.92 Å². The molecule has 0 radical (unpaired) electrons. The number of pyridine rings is 2. The Morgan fingerprint density at radius 2 is 1.97 bits per heavy atom. The molecule has 2 aliphatic rings. The van der Waals surface area contributed by atoms with E-state index in [0.29, 0.717) is 43.5 Å². The van der Waals surface area contributed by atoms with Gasteiger partial charge in [0.25, 0.3) is 17.2 Å². The molecule has 2 aromatic heterocycles. The monoisotopic (exact) mass is 520 g/mol. The number of piperazine rings is 1. The fourth-order valence-corrected chi connectivity index (χ4v) is 4.56. The number of hydrogen-bond donors (Lipinski definition) is 4. The van der Waals surface area contributed by atoms with Crippen LogP contribution in [-0.2, 0) is 0 Å². The number of amides is 1. The molecule has 0 saturated carbocycles. The number of H-pyrrole nitrogens is 1. The van der Waals surface area contributed by atoms with Gasteiger partial charge < -0.3 is 35.5 Å². The average molecular weight is 521 g/mol. The molecule has 4 heterocycles. The highest BCUT2D eigenvalue weighted by molar-refractivity contribution is 6.08. The molecule has 2 aliphatic heterocycles. The average Bonchev–Trinajstić information content (AvgIpc) is 2.91. The fraction of sp³-hybridized carbons (Fsp3) is 0.320. The Balaban J connectivity index is 1.41. The Morgan fingerprint density at radius 1 is 1.18 bits per heavy atom. The molecule has 1 aromatic carbocycles. The molecule has 1 amide bonds. The molecule has 1 fully saturated rings. The molecular formula is C25H28N8O5. The quantitative estimate of drug-likeness (QED) is 0.281. The highest BCUT2D eigenvalue weighted by Gasteiger charge is 2.25. The third kappa shape index (κ3) is 4.95. The number of ether oxygens (including phenoxy) is 1. The standard InChI is InChI=1S/C25H28N8O5/c1-15-18(14-28-25-22(15)26-7-12-38-25)30-17-5-6-27-23(34)21(17)24(35)29-16-3-4-19(20(13-16)33(36)37)32-10-8-31(2)9-11-32/h3-6,13-14,26H,7-12H2,1-2H3,(H,29,35)(H2,27,30,34). The minimum absolute atomic E-state index is 0.113. The number of anilines is 5. The van der Waals surface area contributed by atoms with Gasteiger partial charge in [-0.2, -0.15) is 0 Å². The summed E-state index contributed by atoms with van der Waals surface area (Å²) >= 11 is 0. The number of aromatic nitrogens is 2. The van der Waals surface area contributed by atoms with E-state index in [9.17, 15) is 19.7 Å². The summed E-state index contributed by atoms with van der Waals surface area (Å²) < 4.78 is 5.56. The number of fused-ring (bicyclic) bond motifs is 1. The van der Waals surface area contributed by atoms with Gasteiger partial charge in [-0.25, -0.2) is 4.98 Å². The van der Waals surface area contributed by atoms with E-state index >= 15 is 0 Å². The molecule has 3 aromatic rings. The second-order valence-electron chi connectivity index (χ2n) is 9.18. The lowest BCUT2D eigenvalue weighted by molar-refractivity contribution is -0.384. The van der Waals surface area contributed by atoms with Crippen molar-refractivity contribution >= 4 is 40.0 Å². The number of nitrogens with zero attached hydrogens (tertiary/aromatic N) is 4. The smallest absolute Gasteiger partial charge is 0.294 e. The van der Waals surface area contributed by atoms with Crippen LogP contribution in [0.4, 0.5) is 34.1 Å². The van der Waals surface area contributed by atoms with Crippen molar-refractivity contribution in [2.75, 3.05) is 67.2 Å². The topological polar surface area (TPSA) is 158 Å². The van der Waals surface area contributed by atoms with Gasteiger partial charge in [0.15, 0.2) is 0 Å². The van der Waals surface area contributed by atoms with Crippen molar-refractivity contribution in [1.29, 1.82) is 0 Å². The molecule has 5 rings (SSSR count). The van der Waals surface area contributed by atoms with Crippen molar-refractivity contribution in [3.05, 3.63) is 68.3 Å². The van der Waals surface area contributed by atoms with Crippen molar-refractivity contribution in [3.8, 4) is 5.88 Å². The summed E-state index contributed by atoms with van der Waals surface area (Å²) in [5.41, 5.74) is 2.22. The molecular weight excluding hydrogens is 492 g/mol. The summed E-state index contributed by atoms with van der Waals surface area (Å²) in [6, 6.07) is 6.12. The molecule has 198 valence electrons. The Hall–Kier alpha value is -4.65. The van der Waals surface area contributed by atoms with Gasteiger partial charge in [-0.05, 0) is 32.2 Å². The van der Waals surface area contributed by atoms with Gasteiger partial charge in [0.2, 0.25) is 5.88 Å². The third-order valence-corrected chi connectivity index (χ3v) is 6.68. The van der Waals surface area contributed by atoms with Crippen LogP contribution >= 0.6 is 0 Å². The molecule has 0 aliphatic carbocycles. The summed E-state index contributed by atoms with van der Waals surface area (Å²) in [6.07, 6.45) is 3.00. The normalized spacial score (nSPS) is 15.2. The van der Waals surface area contributed by atoms with Crippen LogP contribution in [-0.4, -0.2) is 72.1 Å². The first kappa shape index (κ1) is 25.0. The van der Waals surface area contributed by atoms with E-state index < -0.39 is 16.4 Å². The van der Waals surface area contributed by atoms with Crippen molar-refractivity contribution in [3.63, 3.8) is 0 Å². The lowest BCUT2D eigenvalue weighted by Gasteiger charge is -2.33. The maximum Gasteiger partial charge on any atom is 0.294 e. The van der Waals surface area contributed by atoms with Gasteiger partial charge in [-0.15, -0.1) is 0 Å². The lowest BCUT2D eigenvalue weighted by Crippen LogP contribution is -2.44. The van der Waals surface area contributed by atoms with Crippen LogP contribution in [0.3, 0.4) is 0 Å². The van der Waals surface area contributed by atoms with Gasteiger partial charge in [-0.1, -0.05) is 0 Å². The molecule has 0 unspecified atom stereocenters. The van der Waals surface area contributed by atoms with Crippen molar-refractivity contribution in [1.82, 2.24) is 14.9 Å². The third-order valence-electron chi connectivity index (χ3n) is 6.68. The fourth-order valence-electron chi connectivity index (χ4n) is 4.56. The first-order chi connectivity index (χ1) is 18.3. The zero-order chi connectivity index (χ0) is 26.8. The van der Waals surface area contributed by atoms with Crippen molar-refractivity contribution in [2.24, 2.45) is 0 Å². The van der Waals surface area contributed by atoms with E-state index in [1.165, 1.54) is 12.3 Å². The van der Waals surface area contributed by atoms with Gasteiger partial charge in [-0.3, -0.25) is 19.7 Å². The Kier molecular flexibility index (Phi) is 6.83. The molecule has 13 heteroatoms. The zero-order valence-corrected chi connectivity index (χ0v) is 21.0. The number of benzene rings is 1. The summed E-state index contributed by atoms with van der Waals surface area (Å²) in [5, 5.41) is 20.9. The number of nitro groups is 1. The van der Waals surface area contributed by atoms with E-state index in [1.807, 2.05) is 18.9 Å². The van der Waals surface area contributed by atoms with Crippen LogP contribution in [0.1, 0.15) is 15.9 Å².